The normalized spacial score (nSPS) is 20.1. The number of rotatable bonds is 6. The van der Waals surface area contributed by atoms with E-state index in [1.54, 1.807) is 5.57 Å². The van der Waals surface area contributed by atoms with Gasteiger partial charge in [0, 0.05) is 0 Å². The van der Waals surface area contributed by atoms with Crippen LogP contribution in [-0.4, -0.2) is 22.0 Å². The first kappa shape index (κ1) is 24.8. The van der Waals surface area contributed by atoms with Gasteiger partial charge >= 0.3 is 42.6 Å². The molecule has 0 saturated carbocycles. The standard InChI is InChI=1S/C21H29Br.C4H9.Li/c1-14(2)18-12-19(15(3)4)20(17-10-8-7-9-11-17)21(22,13-18)16(5)6;1-3-4-2;/h7-12,14-16H,13H2,1-6H3;1,3-4H2,2H3;. The second-order valence-corrected chi connectivity index (χ2v) is 10.2. The van der Waals surface area contributed by atoms with Crippen molar-refractivity contribution in [2.24, 2.45) is 17.8 Å². The van der Waals surface area contributed by atoms with Gasteiger partial charge < -0.3 is 0 Å². The molecule has 0 bridgehead atoms. The van der Waals surface area contributed by atoms with Gasteiger partial charge in [0.15, 0.2) is 0 Å². The van der Waals surface area contributed by atoms with Crippen molar-refractivity contribution in [1.82, 2.24) is 0 Å². The number of halogens is 1. The maximum absolute atomic E-state index is 4.18. The van der Waals surface area contributed by atoms with Crippen LogP contribution in [0.25, 0.3) is 5.57 Å². The minimum atomic E-state index is 0.0301. The van der Waals surface area contributed by atoms with Crippen LogP contribution in [-0.2, 0) is 0 Å². The molecule has 2 heteroatoms. The summed E-state index contributed by atoms with van der Waals surface area (Å²) >= 11 is 6.39. The van der Waals surface area contributed by atoms with Crippen molar-refractivity contribution >= 4 is 39.2 Å². The fourth-order valence-corrected chi connectivity index (χ4v) is 4.41. The number of allylic oxidation sites excluding steroid dienone is 4. The van der Waals surface area contributed by atoms with Crippen molar-refractivity contribution < 1.29 is 0 Å². The topological polar surface area (TPSA) is 0 Å². The predicted molar refractivity (Wildman–Crippen MR) is 128 cm³/mol. The van der Waals surface area contributed by atoms with E-state index in [4.69, 9.17) is 0 Å². The van der Waals surface area contributed by atoms with Crippen LogP contribution in [0, 0.1) is 17.8 Å². The SMILES string of the molecule is CC(C)C1=CC(C(C)C)=C(c2ccccc2)C(Br)(C(C)C)C1.[Li][CH2]CCC. The molecule has 0 aliphatic heterocycles. The first-order valence-electron chi connectivity index (χ1n) is 10.9. The molecule has 2 rings (SSSR count). The van der Waals surface area contributed by atoms with Gasteiger partial charge in [-0.25, -0.2) is 0 Å². The third kappa shape index (κ3) is 6.66. The summed E-state index contributed by atoms with van der Waals surface area (Å²) in [6.07, 6.45) is 6.30. The van der Waals surface area contributed by atoms with E-state index in [2.05, 4.69) is 119 Å². The van der Waals surface area contributed by atoms with Crippen molar-refractivity contribution in [3.8, 4) is 0 Å². The Morgan fingerprint density at radius 2 is 1.59 bits per heavy atom. The molecular formula is C25H38BrLi. The zero-order chi connectivity index (χ0) is 20.6. The van der Waals surface area contributed by atoms with Crippen molar-refractivity contribution in [2.75, 3.05) is 0 Å². The zero-order valence-electron chi connectivity index (χ0n) is 18.9. The van der Waals surface area contributed by atoms with E-state index in [1.165, 1.54) is 34.6 Å². The Morgan fingerprint density at radius 1 is 1.00 bits per heavy atom. The van der Waals surface area contributed by atoms with Crippen LogP contribution in [0.5, 0.6) is 0 Å². The van der Waals surface area contributed by atoms with E-state index in [0.717, 1.165) is 6.42 Å². The Hall–Kier alpha value is -0.223. The molecule has 0 aromatic heterocycles. The van der Waals surface area contributed by atoms with E-state index in [9.17, 15) is 0 Å². The number of hydrogen-bond donors (Lipinski definition) is 0. The van der Waals surface area contributed by atoms with E-state index >= 15 is 0 Å². The van der Waals surface area contributed by atoms with Gasteiger partial charge in [0.25, 0.3) is 0 Å². The van der Waals surface area contributed by atoms with Gasteiger partial charge in [0.1, 0.15) is 0 Å². The Morgan fingerprint density at radius 3 is 1.96 bits per heavy atom. The van der Waals surface area contributed by atoms with E-state index in [0.29, 0.717) is 17.8 Å². The molecule has 1 unspecified atom stereocenters. The summed E-state index contributed by atoms with van der Waals surface area (Å²) in [5, 5.41) is 1.34. The molecule has 0 nitrogen and oxygen atoms in total. The van der Waals surface area contributed by atoms with E-state index in [-0.39, 0.29) is 4.32 Å². The van der Waals surface area contributed by atoms with Crippen LogP contribution in [0.15, 0.2) is 47.6 Å². The van der Waals surface area contributed by atoms with Crippen molar-refractivity contribution in [3.05, 3.63) is 53.1 Å². The molecule has 0 radical (unpaired) electrons. The molecule has 0 spiro atoms. The Kier molecular flexibility index (Phi) is 10.8. The van der Waals surface area contributed by atoms with Crippen LogP contribution in [0.2, 0.25) is 5.09 Å². The van der Waals surface area contributed by atoms with E-state index < -0.39 is 0 Å². The van der Waals surface area contributed by atoms with Crippen molar-refractivity contribution in [2.45, 2.75) is 77.1 Å². The van der Waals surface area contributed by atoms with Crippen LogP contribution >= 0.6 is 15.9 Å². The summed E-state index contributed by atoms with van der Waals surface area (Å²) in [6, 6.07) is 10.9. The average molecular weight is 425 g/mol. The van der Waals surface area contributed by atoms with Crippen molar-refractivity contribution in [3.63, 3.8) is 0 Å². The molecule has 0 fully saturated rings. The van der Waals surface area contributed by atoms with Gasteiger partial charge in [-0.1, -0.05) is 99.5 Å². The summed E-state index contributed by atoms with van der Waals surface area (Å²) in [4.78, 5) is 0. The predicted octanol–water partition coefficient (Wildman–Crippen LogP) is 8.25. The Balaban J connectivity index is 0.000000646. The minimum absolute atomic E-state index is 0.0301. The summed E-state index contributed by atoms with van der Waals surface area (Å²) in [5.41, 5.74) is 5.90. The third-order valence-electron chi connectivity index (χ3n) is 5.55. The Bertz CT molecular complexity index is 623. The maximum atomic E-state index is 4.18. The number of hydrogen-bond acceptors (Lipinski definition) is 0. The first-order valence-corrected chi connectivity index (χ1v) is 11.7. The van der Waals surface area contributed by atoms with Crippen LogP contribution < -0.4 is 0 Å². The quantitative estimate of drug-likeness (QED) is 0.318. The second-order valence-electron chi connectivity index (χ2n) is 8.77. The average Bonchev–Trinajstić information content (AvgIpc) is 2.62. The van der Waals surface area contributed by atoms with E-state index in [1.807, 2.05) is 0 Å². The molecule has 1 aliphatic carbocycles. The fourth-order valence-electron chi connectivity index (χ4n) is 3.63. The van der Waals surface area contributed by atoms with Crippen LogP contribution in [0.4, 0.5) is 0 Å². The summed E-state index contributed by atoms with van der Waals surface area (Å²) in [7, 11) is 0. The summed E-state index contributed by atoms with van der Waals surface area (Å²) in [5.74, 6) is 1.67. The fraction of sp³-hybridized carbons (Fsp3) is 0.600. The van der Waals surface area contributed by atoms with Crippen LogP contribution in [0.3, 0.4) is 0 Å². The molecule has 0 N–H and O–H groups in total. The molecule has 0 amide bonds. The molecule has 1 aliphatic rings. The number of alkyl halides is 1. The van der Waals surface area contributed by atoms with Gasteiger partial charge in [-0.3, -0.25) is 0 Å². The van der Waals surface area contributed by atoms with Gasteiger partial charge in [-0.2, -0.15) is 0 Å². The van der Waals surface area contributed by atoms with Gasteiger partial charge in [-0.15, -0.1) is 0 Å². The molecule has 1 aromatic carbocycles. The van der Waals surface area contributed by atoms with Crippen molar-refractivity contribution in [1.29, 1.82) is 0 Å². The molecule has 1 atom stereocenters. The van der Waals surface area contributed by atoms with Gasteiger partial charge in [0.2, 0.25) is 0 Å². The summed E-state index contributed by atoms with van der Waals surface area (Å²) in [6.45, 7) is 16.1. The van der Waals surface area contributed by atoms with Gasteiger partial charge in [-0.05, 0) is 40.9 Å². The Labute approximate surface area is 186 Å². The first-order chi connectivity index (χ1) is 12.7. The third-order valence-corrected chi connectivity index (χ3v) is 7.15. The number of unbranched alkanes of at least 4 members (excludes halogenated alkanes) is 1. The van der Waals surface area contributed by atoms with Crippen LogP contribution in [0.1, 0.15) is 73.3 Å². The monoisotopic (exact) mass is 424 g/mol. The number of benzene rings is 1. The molecule has 0 saturated heterocycles. The summed E-state index contributed by atoms with van der Waals surface area (Å²) < 4.78 is 0.0301. The molecule has 1 aromatic rings. The molecule has 27 heavy (non-hydrogen) atoms. The second kappa shape index (κ2) is 11.7. The molecular weight excluding hydrogens is 387 g/mol. The zero-order valence-corrected chi connectivity index (χ0v) is 20.5. The molecule has 146 valence electrons. The molecule has 0 heterocycles. The van der Waals surface area contributed by atoms with Gasteiger partial charge in [0.05, 0.1) is 4.32 Å².